The fourth-order valence-corrected chi connectivity index (χ4v) is 3.80. The minimum atomic E-state index is -3.58. The molecule has 1 aromatic rings. The van der Waals surface area contributed by atoms with Crippen molar-refractivity contribution >= 4 is 7.72 Å². The molecule has 3 unspecified atom stereocenters. The summed E-state index contributed by atoms with van der Waals surface area (Å²) in [4.78, 5) is 20.1. The highest BCUT2D eigenvalue weighted by Gasteiger charge is 2.36. The summed E-state index contributed by atoms with van der Waals surface area (Å²) < 4.78 is 36.9. The highest BCUT2D eigenvalue weighted by molar-refractivity contribution is 7.63. The summed E-state index contributed by atoms with van der Waals surface area (Å²) in [6.07, 6.45) is -3.81. The molecule has 0 fully saturated rings. The van der Waals surface area contributed by atoms with Crippen molar-refractivity contribution in [3.05, 3.63) is 35.4 Å². The van der Waals surface area contributed by atoms with E-state index in [1.54, 1.807) is 6.92 Å². The molecule has 0 aliphatic heterocycles. The van der Waals surface area contributed by atoms with E-state index in [9.17, 15) is 28.8 Å². The number of aliphatic hydroxyl groups is 2. The van der Waals surface area contributed by atoms with E-state index in [1.165, 1.54) is 13.2 Å². The van der Waals surface area contributed by atoms with Crippen LogP contribution in [0.2, 0.25) is 0 Å². The van der Waals surface area contributed by atoms with Crippen molar-refractivity contribution in [2.45, 2.75) is 51.9 Å². The van der Waals surface area contributed by atoms with Gasteiger partial charge in [-0.2, -0.15) is 0 Å². The first-order valence-corrected chi connectivity index (χ1v) is 10.5. The van der Waals surface area contributed by atoms with Gasteiger partial charge >= 0.3 is 0 Å². The van der Waals surface area contributed by atoms with Gasteiger partial charge in [-0.1, -0.05) is 19.9 Å². The molecule has 3 atom stereocenters. The van der Waals surface area contributed by atoms with E-state index in [0.29, 0.717) is 0 Å². The van der Waals surface area contributed by atoms with Crippen LogP contribution in [-0.2, 0) is 15.6 Å². The first-order valence-electron chi connectivity index (χ1n) is 8.42. The van der Waals surface area contributed by atoms with Gasteiger partial charge in [0.2, 0.25) is 0 Å². The quantitative estimate of drug-likeness (QED) is 0.356. The van der Waals surface area contributed by atoms with Crippen LogP contribution >= 0.6 is 7.72 Å². The fraction of sp³-hybridized carbons (Fsp3) is 0.647. The summed E-state index contributed by atoms with van der Waals surface area (Å²) in [5.74, 6) is -1.66. The maximum atomic E-state index is 13.6. The lowest BCUT2D eigenvalue weighted by Crippen LogP contribution is -2.35. The Labute approximate surface area is 153 Å². The maximum Gasteiger partial charge on any atom is 0.272 e. The first kappa shape index (κ1) is 25.3. The topological polar surface area (TPSA) is 99.4 Å². The van der Waals surface area contributed by atoms with Gasteiger partial charge in [0.15, 0.2) is 6.29 Å². The monoisotopic (exact) mass is 399 g/mol. The number of aliphatic hydroxyl groups excluding tert-OH is 2. The van der Waals surface area contributed by atoms with E-state index in [0.717, 1.165) is 12.1 Å². The second-order valence-corrected chi connectivity index (χ2v) is 8.13. The van der Waals surface area contributed by atoms with Gasteiger partial charge in [0.05, 0.1) is 18.3 Å². The van der Waals surface area contributed by atoms with Gasteiger partial charge in [-0.25, -0.2) is 18.6 Å². The lowest BCUT2D eigenvalue weighted by molar-refractivity contribution is -0.194. The standard InChI is InChI=1S/C15H24F2O6P.C2H6/c1-10(23-15(19)14(18)8-22-2)6-7-24(20,21)9-11-12(16)4-3-5-13(11)17;1-2/h3-5,10,14-15,18-21H,6-9H2,1-2H3;1-2H3/q+1;. The smallest absolute Gasteiger partial charge is 0.272 e. The number of rotatable bonds is 10. The Balaban J connectivity index is 0.00000301. The van der Waals surface area contributed by atoms with Gasteiger partial charge in [0, 0.05) is 13.5 Å². The zero-order chi connectivity index (χ0) is 20.3. The SMILES string of the molecule is CC.COCC(O)C(O)OC(C)CC[P+](O)(O)Cc1c(F)cccc1F. The summed E-state index contributed by atoms with van der Waals surface area (Å²) in [6, 6.07) is 3.31. The van der Waals surface area contributed by atoms with Crippen LogP contribution in [0.15, 0.2) is 18.2 Å². The Bertz CT molecular complexity index is 498. The average Bonchev–Trinajstić information content (AvgIpc) is 2.58. The zero-order valence-corrected chi connectivity index (χ0v) is 16.5. The van der Waals surface area contributed by atoms with Crippen molar-refractivity contribution in [1.29, 1.82) is 0 Å². The number of halogens is 2. The lowest BCUT2D eigenvalue weighted by atomic mass is 10.2. The van der Waals surface area contributed by atoms with E-state index in [4.69, 9.17) is 4.74 Å². The molecule has 1 rings (SSSR count). The van der Waals surface area contributed by atoms with Crippen LogP contribution in [-0.4, -0.2) is 58.4 Å². The first-order chi connectivity index (χ1) is 12.2. The second kappa shape index (κ2) is 12.6. The number of hydrogen-bond acceptors (Lipinski definition) is 6. The normalized spacial score (nSPS) is 15.0. The molecule has 9 heteroatoms. The Kier molecular flexibility index (Phi) is 12.3. The molecule has 4 N–H and O–H groups in total. The highest BCUT2D eigenvalue weighted by atomic mass is 31.2. The van der Waals surface area contributed by atoms with E-state index >= 15 is 0 Å². The van der Waals surface area contributed by atoms with Gasteiger partial charge < -0.3 is 19.7 Å². The predicted molar refractivity (Wildman–Crippen MR) is 96.7 cm³/mol. The van der Waals surface area contributed by atoms with Crippen molar-refractivity contribution in [3.8, 4) is 0 Å². The summed E-state index contributed by atoms with van der Waals surface area (Å²) >= 11 is 0. The Morgan fingerprint density at radius 2 is 1.65 bits per heavy atom. The van der Waals surface area contributed by atoms with Gasteiger partial charge in [0.1, 0.15) is 30.1 Å². The molecular formula is C17H30F2O6P+. The molecule has 0 amide bonds. The molecule has 0 aliphatic rings. The molecule has 6 nitrogen and oxygen atoms in total. The van der Waals surface area contributed by atoms with Crippen LogP contribution in [0.4, 0.5) is 8.78 Å². The van der Waals surface area contributed by atoms with Crippen molar-refractivity contribution in [3.63, 3.8) is 0 Å². The van der Waals surface area contributed by atoms with Crippen LogP contribution in [0.5, 0.6) is 0 Å². The Morgan fingerprint density at radius 3 is 2.15 bits per heavy atom. The maximum absolute atomic E-state index is 13.6. The summed E-state index contributed by atoms with van der Waals surface area (Å²) in [5.41, 5.74) is -0.361. The Hall–Kier alpha value is -0.730. The summed E-state index contributed by atoms with van der Waals surface area (Å²) in [6.45, 7) is 5.46. The van der Waals surface area contributed by atoms with Crippen LogP contribution < -0.4 is 0 Å². The van der Waals surface area contributed by atoms with E-state index in [1.807, 2.05) is 13.8 Å². The van der Waals surface area contributed by atoms with E-state index in [-0.39, 0.29) is 24.8 Å². The van der Waals surface area contributed by atoms with Crippen LogP contribution in [0.25, 0.3) is 0 Å². The van der Waals surface area contributed by atoms with Crippen LogP contribution in [0.1, 0.15) is 32.8 Å². The Morgan fingerprint density at radius 1 is 1.12 bits per heavy atom. The number of hydrogen-bond donors (Lipinski definition) is 4. The largest absolute Gasteiger partial charge is 0.385 e. The van der Waals surface area contributed by atoms with Gasteiger partial charge in [-0.05, 0) is 19.1 Å². The summed E-state index contributed by atoms with van der Waals surface area (Å²) in [5, 5.41) is 19.1. The number of benzene rings is 1. The molecule has 0 saturated heterocycles. The summed E-state index contributed by atoms with van der Waals surface area (Å²) in [7, 11) is -2.22. The molecule has 0 heterocycles. The molecule has 26 heavy (non-hydrogen) atoms. The molecule has 0 aromatic heterocycles. The van der Waals surface area contributed by atoms with Crippen molar-refractivity contribution in [1.82, 2.24) is 0 Å². The van der Waals surface area contributed by atoms with Crippen molar-refractivity contribution < 1.29 is 38.3 Å². The van der Waals surface area contributed by atoms with Gasteiger partial charge in [-0.3, -0.25) is 0 Å². The molecule has 0 saturated carbocycles. The number of ether oxygens (including phenoxy) is 2. The zero-order valence-electron chi connectivity index (χ0n) is 15.6. The number of methoxy groups -OCH3 is 1. The molecule has 152 valence electrons. The van der Waals surface area contributed by atoms with Gasteiger partial charge in [0.25, 0.3) is 7.72 Å². The second-order valence-electron chi connectivity index (χ2n) is 5.61. The predicted octanol–water partition coefficient (Wildman–Crippen LogP) is 2.44. The highest BCUT2D eigenvalue weighted by Crippen LogP contribution is 2.54. The van der Waals surface area contributed by atoms with Crippen LogP contribution in [0.3, 0.4) is 0 Å². The van der Waals surface area contributed by atoms with Crippen molar-refractivity contribution in [2.75, 3.05) is 19.9 Å². The van der Waals surface area contributed by atoms with Crippen molar-refractivity contribution in [2.24, 2.45) is 0 Å². The van der Waals surface area contributed by atoms with E-state index < -0.39 is 44.0 Å². The third-order valence-corrected chi connectivity index (χ3v) is 5.20. The third kappa shape index (κ3) is 9.28. The van der Waals surface area contributed by atoms with Crippen LogP contribution in [0, 0.1) is 11.6 Å². The minimum absolute atomic E-state index is 0.114. The third-order valence-electron chi connectivity index (χ3n) is 3.41. The molecule has 0 spiro atoms. The molecular weight excluding hydrogens is 369 g/mol. The average molecular weight is 399 g/mol. The van der Waals surface area contributed by atoms with Gasteiger partial charge in [-0.15, -0.1) is 0 Å². The fourth-order valence-electron chi connectivity index (χ4n) is 2.05. The molecule has 0 bridgehead atoms. The lowest BCUT2D eigenvalue weighted by Gasteiger charge is -2.22. The molecule has 1 aromatic carbocycles. The minimum Gasteiger partial charge on any atom is -0.385 e. The van der Waals surface area contributed by atoms with E-state index in [2.05, 4.69) is 4.74 Å². The molecule has 0 radical (unpaired) electrons. The molecule has 0 aliphatic carbocycles.